The zero-order valence-electron chi connectivity index (χ0n) is 13.2. The Labute approximate surface area is 132 Å². The molecule has 1 fully saturated rings. The van der Waals surface area contributed by atoms with Gasteiger partial charge in [0.25, 0.3) is 0 Å². The number of hydrogen-bond acceptors (Lipinski definition) is 3. The molecule has 3 atom stereocenters. The number of carbonyl (C=O) groups excluding carboxylic acids is 1. The minimum Gasteiger partial charge on any atom is -0.374 e. The maximum atomic E-state index is 13.4. The fourth-order valence-corrected chi connectivity index (χ4v) is 3.09. The van der Waals surface area contributed by atoms with E-state index in [1.807, 2.05) is 6.92 Å². The van der Waals surface area contributed by atoms with Crippen molar-refractivity contribution >= 4 is 5.91 Å². The molecule has 1 aliphatic carbocycles. The molecule has 0 bridgehead atoms. The summed E-state index contributed by atoms with van der Waals surface area (Å²) >= 11 is 0. The lowest BCUT2D eigenvalue weighted by atomic mass is 9.85. The summed E-state index contributed by atoms with van der Waals surface area (Å²) in [6.45, 7) is 1.97. The third-order valence-electron chi connectivity index (χ3n) is 4.53. The first-order chi connectivity index (χ1) is 10.6. The van der Waals surface area contributed by atoms with Crippen LogP contribution in [0.4, 0.5) is 13.2 Å². The van der Waals surface area contributed by atoms with Crippen LogP contribution in [-0.2, 0) is 17.4 Å². The van der Waals surface area contributed by atoms with Crippen LogP contribution in [0.1, 0.15) is 44.9 Å². The Hall–Kier alpha value is -1.57. The third-order valence-corrected chi connectivity index (χ3v) is 4.53. The Morgan fingerprint density at radius 3 is 2.61 bits per heavy atom. The third kappa shape index (κ3) is 3.68. The van der Waals surface area contributed by atoms with Gasteiger partial charge in [-0.1, -0.05) is 19.8 Å². The molecule has 1 heterocycles. The second-order valence-corrected chi connectivity index (χ2v) is 6.33. The number of halogens is 3. The molecule has 1 amide bonds. The van der Waals surface area contributed by atoms with Crippen molar-refractivity contribution in [2.75, 3.05) is 0 Å². The summed E-state index contributed by atoms with van der Waals surface area (Å²) in [6.07, 6.45) is 0.0611. The maximum absolute atomic E-state index is 13.4. The molecule has 0 unspecified atom stereocenters. The first-order valence-corrected chi connectivity index (χ1v) is 7.71. The van der Waals surface area contributed by atoms with Gasteiger partial charge in [-0.15, -0.1) is 0 Å². The largest absolute Gasteiger partial charge is 0.425 e. The number of amides is 1. The number of imidazole rings is 1. The summed E-state index contributed by atoms with van der Waals surface area (Å²) < 4.78 is 41.2. The first kappa shape index (κ1) is 17.8. The fraction of sp³-hybridized carbons (Fsp3) is 0.733. The average molecular weight is 333 g/mol. The van der Waals surface area contributed by atoms with Crippen LogP contribution in [0.5, 0.6) is 0 Å². The second-order valence-electron chi connectivity index (χ2n) is 6.33. The number of nitrogens with one attached hydrogen (secondary N) is 1. The van der Waals surface area contributed by atoms with Crippen LogP contribution in [0.15, 0.2) is 12.4 Å². The topological polar surface area (TPSA) is 67.2 Å². The molecule has 0 aliphatic heterocycles. The lowest BCUT2D eigenvalue weighted by Crippen LogP contribution is -2.50. The number of aliphatic hydroxyl groups is 1. The number of aryl methyl sites for hydroxylation is 1. The Balaban J connectivity index is 2.15. The van der Waals surface area contributed by atoms with Gasteiger partial charge in [-0.05, 0) is 18.8 Å². The molecule has 2 rings (SSSR count). The minimum absolute atomic E-state index is 0.143. The average Bonchev–Trinajstić information content (AvgIpc) is 2.86. The zero-order chi connectivity index (χ0) is 17.3. The van der Waals surface area contributed by atoms with Gasteiger partial charge in [-0.2, -0.15) is 13.2 Å². The van der Waals surface area contributed by atoms with Crippen LogP contribution in [0.3, 0.4) is 0 Å². The van der Waals surface area contributed by atoms with Crippen LogP contribution in [0.25, 0.3) is 0 Å². The highest BCUT2D eigenvalue weighted by molar-refractivity contribution is 5.77. The van der Waals surface area contributed by atoms with Crippen molar-refractivity contribution in [2.24, 2.45) is 13.0 Å². The van der Waals surface area contributed by atoms with Crippen molar-refractivity contribution in [3.05, 3.63) is 18.2 Å². The first-order valence-electron chi connectivity index (χ1n) is 7.71. The van der Waals surface area contributed by atoms with Gasteiger partial charge in [-0.3, -0.25) is 4.79 Å². The van der Waals surface area contributed by atoms with Crippen LogP contribution < -0.4 is 5.32 Å². The number of carbonyl (C=O) groups is 1. The van der Waals surface area contributed by atoms with Crippen LogP contribution in [-0.4, -0.2) is 32.8 Å². The number of aromatic nitrogens is 2. The summed E-state index contributed by atoms with van der Waals surface area (Å²) in [6, 6.07) is -0.143. The Morgan fingerprint density at radius 2 is 2.09 bits per heavy atom. The lowest BCUT2D eigenvalue weighted by molar-refractivity contribution is -0.271. The smallest absolute Gasteiger partial charge is 0.374 e. The maximum Gasteiger partial charge on any atom is 0.425 e. The van der Waals surface area contributed by atoms with Gasteiger partial charge in [0.2, 0.25) is 11.5 Å². The summed E-state index contributed by atoms with van der Waals surface area (Å²) in [4.78, 5) is 15.7. The van der Waals surface area contributed by atoms with Crippen LogP contribution >= 0.6 is 0 Å². The Bertz CT molecular complexity index is 558. The van der Waals surface area contributed by atoms with E-state index in [1.54, 1.807) is 0 Å². The molecule has 0 saturated heterocycles. The number of hydrogen-bond donors (Lipinski definition) is 2. The van der Waals surface area contributed by atoms with Gasteiger partial charge in [0, 0.05) is 25.5 Å². The Morgan fingerprint density at radius 1 is 1.43 bits per heavy atom. The van der Waals surface area contributed by atoms with E-state index in [2.05, 4.69) is 10.3 Å². The highest BCUT2D eigenvalue weighted by atomic mass is 19.4. The predicted molar refractivity (Wildman–Crippen MR) is 77.3 cm³/mol. The quantitative estimate of drug-likeness (QED) is 0.888. The van der Waals surface area contributed by atoms with Crippen molar-refractivity contribution in [1.82, 2.24) is 14.9 Å². The Kier molecular flexibility index (Phi) is 5.03. The summed E-state index contributed by atoms with van der Waals surface area (Å²) in [5, 5.41) is 12.8. The molecule has 1 aliphatic rings. The van der Waals surface area contributed by atoms with E-state index >= 15 is 0 Å². The van der Waals surface area contributed by atoms with Crippen LogP contribution in [0, 0.1) is 5.92 Å². The summed E-state index contributed by atoms with van der Waals surface area (Å²) in [5.74, 6) is -1.18. The molecule has 23 heavy (non-hydrogen) atoms. The highest BCUT2D eigenvalue weighted by Gasteiger charge is 2.58. The van der Waals surface area contributed by atoms with Crippen molar-refractivity contribution in [3.8, 4) is 0 Å². The van der Waals surface area contributed by atoms with E-state index in [9.17, 15) is 23.1 Å². The monoisotopic (exact) mass is 333 g/mol. The molecular formula is C15H22F3N3O2. The van der Waals surface area contributed by atoms with E-state index in [1.165, 1.54) is 13.2 Å². The minimum atomic E-state index is -5.00. The van der Waals surface area contributed by atoms with Crippen molar-refractivity contribution < 1.29 is 23.1 Å². The molecule has 5 nitrogen and oxygen atoms in total. The molecule has 0 radical (unpaired) electrons. The number of alkyl halides is 3. The highest BCUT2D eigenvalue weighted by Crippen LogP contribution is 2.40. The fourth-order valence-electron chi connectivity index (χ4n) is 3.09. The van der Waals surface area contributed by atoms with E-state index < -0.39 is 29.9 Å². The van der Waals surface area contributed by atoms with E-state index in [-0.39, 0.29) is 12.0 Å². The molecule has 0 aromatic carbocycles. The van der Waals surface area contributed by atoms with Crippen molar-refractivity contribution in [3.63, 3.8) is 0 Å². The molecule has 1 aromatic rings. The normalized spacial score (nSPS) is 25.0. The molecule has 2 N–H and O–H groups in total. The van der Waals surface area contributed by atoms with E-state index in [4.69, 9.17) is 0 Å². The second kappa shape index (κ2) is 6.51. The number of nitrogens with zero attached hydrogens (tertiary/aromatic N) is 2. The summed E-state index contributed by atoms with van der Waals surface area (Å²) in [5.41, 5.74) is -3.30. The van der Waals surface area contributed by atoms with Crippen LogP contribution in [0.2, 0.25) is 0 Å². The van der Waals surface area contributed by atoms with Gasteiger partial charge in [0.15, 0.2) is 5.82 Å². The van der Waals surface area contributed by atoms with E-state index in [0.717, 1.165) is 36.4 Å². The van der Waals surface area contributed by atoms with Gasteiger partial charge in [0.1, 0.15) is 0 Å². The molecule has 1 saturated carbocycles. The molecule has 8 heteroatoms. The number of rotatable bonds is 4. The predicted octanol–water partition coefficient (Wildman–Crippen LogP) is 2.25. The standard InChI is InChI=1S/C15H22F3N3O2/c1-10-5-3-4-6-11(10)20-12(22)9-14(23,15(16,17)18)13-19-7-8-21(13)2/h7-8,10-11,23H,3-6,9H2,1-2H3,(H,20,22)/t10-,11+,14+/m1/s1. The molecule has 1 aromatic heterocycles. The van der Waals surface area contributed by atoms with Crippen molar-refractivity contribution in [2.45, 2.75) is 56.8 Å². The molecular weight excluding hydrogens is 311 g/mol. The summed E-state index contributed by atoms with van der Waals surface area (Å²) in [7, 11) is 1.35. The zero-order valence-corrected chi connectivity index (χ0v) is 13.2. The van der Waals surface area contributed by atoms with E-state index in [0.29, 0.717) is 0 Å². The van der Waals surface area contributed by atoms with Gasteiger partial charge in [-0.25, -0.2) is 4.98 Å². The van der Waals surface area contributed by atoms with Gasteiger partial charge < -0.3 is 15.0 Å². The molecule has 130 valence electrons. The van der Waals surface area contributed by atoms with Gasteiger partial charge >= 0.3 is 6.18 Å². The van der Waals surface area contributed by atoms with Gasteiger partial charge in [0.05, 0.1) is 6.42 Å². The lowest BCUT2D eigenvalue weighted by Gasteiger charge is -2.32. The van der Waals surface area contributed by atoms with Crippen molar-refractivity contribution in [1.29, 1.82) is 0 Å². The molecule has 0 spiro atoms. The SMILES string of the molecule is C[C@@H]1CCCC[C@@H]1NC(=O)C[C@](O)(c1nccn1C)C(F)(F)F.